The number of hydrogen-bond donors (Lipinski definition) is 1. The fourth-order valence-corrected chi connectivity index (χ4v) is 1.99. The number of rotatable bonds is 5. The van der Waals surface area contributed by atoms with Gasteiger partial charge in [0.05, 0.1) is 17.5 Å². The third-order valence-electron chi connectivity index (χ3n) is 2.90. The van der Waals surface area contributed by atoms with E-state index in [1.54, 1.807) is 6.07 Å². The lowest BCUT2D eigenvalue weighted by Gasteiger charge is -2.14. The predicted molar refractivity (Wildman–Crippen MR) is 69.8 cm³/mol. The summed E-state index contributed by atoms with van der Waals surface area (Å²) in [7, 11) is 0. The molecule has 0 aliphatic rings. The van der Waals surface area contributed by atoms with Crippen LogP contribution in [0.5, 0.6) is 0 Å². The zero-order valence-electron chi connectivity index (χ0n) is 10.6. The molecule has 1 N–H and O–H groups in total. The third kappa shape index (κ3) is 2.93. The Morgan fingerprint density at radius 2 is 2.30 bits per heavy atom. The summed E-state index contributed by atoms with van der Waals surface area (Å²) < 4.78 is 14.9. The maximum atomic E-state index is 13.5. The van der Waals surface area contributed by atoms with Crippen molar-refractivity contribution in [1.82, 2.24) is 20.2 Å². The van der Waals surface area contributed by atoms with Gasteiger partial charge in [-0.15, -0.1) is 5.10 Å². The van der Waals surface area contributed by atoms with E-state index in [0.717, 1.165) is 0 Å². The maximum Gasteiger partial charge on any atom is 0.305 e. The SMILES string of the molecule is CCC(CC(=O)O)n1nnnc1-c1ccc(Cl)c(F)c1. The first-order valence-corrected chi connectivity index (χ1v) is 6.35. The van der Waals surface area contributed by atoms with Gasteiger partial charge in [0.1, 0.15) is 5.82 Å². The molecule has 106 valence electrons. The summed E-state index contributed by atoms with van der Waals surface area (Å²) in [6.07, 6.45) is 0.436. The summed E-state index contributed by atoms with van der Waals surface area (Å²) in [5.41, 5.74) is 0.445. The minimum atomic E-state index is -0.944. The highest BCUT2D eigenvalue weighted by molar-refractivity contribution is 6.30. The molecular weight excluding hydrogens is 287 g/mol. The molecule has 0 aliphatic carbocycles. The van der Waals surface area contributed by atoms with Gasteiger partial charge in [0.25, 0.3) is 0 Å². The van der Waals surface area contributed by atoms with Gasteiger partial charge < -0.3 is 5.11 Å². The molecule has 0 spiro atoms. The summed E-state index contributed by atoms with van der Waals surface area (Å²) in [6, 6.07) is 3.82. The van der Waals surface area contributed by atoms with Crippen molar-refractivity contribution < 1.29 is 14.3 Å². The molecule has 1 atom stereocenters. The lowest BCUT2D eigenvalue weighted by molar-refractivity contribution is -0.138. The Labute approximate surface area is 119 Å². The van der Waals surface area contributed by atoms with Crippen molar-refractivity contribution in [3.8, 4) is 11.4 Å². The number of carbonyl (C=O) groups is 1. The van der Waals surface area contributed by atoms with Crippen molar-refractivity contribution in [1.29, 1.82) is 0 Å². The molecule has 0 fully saturated rings. The summed E-state index contributed by atoms with van der Waals surface area (Å²) in [6.45, 7) is 1.83. The minimum Gasteiger partial charge on any atom is -0.481 e. The zero-order chi connectivity index (χ0) is 14.7. The molecule has 1 aromatic carbocycles. The van der Waals surface area contributed by atoms with E-state index in [2.05, 4.69) is 15.5 Å². The van der Waals surface area contributed by atoms with Crippen LogP contribution in [0.15, 0.2) is 18.2 Å². The molecule has 20 heavy (non-hydrogen) atoms. The lowest BCUT2D eigenvalue weighted by Crippen LogP contribution is -2.15. The summed E-state index contributed by atoms with van der Waals surface area (Å²) in [4.78, 5) is 10.9. The number of benzene rings is 1. The standard InChI is InChI=1S/C12H12ClFN4O2/c1-2-8(6-11(19)20)18-12(15-16-17-18)7-3-4-9(13)10(14)5-7/h3-5,8H,2,6H2,1H3,(H,19,20). The molecule has 0 aliphatic heterocycles. The van der Waals surface area contributed by atoms with Crippen molar-refractivity contribution in [2.24, 2.45) is 0 Å². The first-order valence-electron chi connectivity index (χ1n) is 5.98. The normalized spacial score (nSPS) is 12.3. The average Bonchev–Trinajstić information content (AvgIpc) is 2.88. The zero-order valence-corrected chi connectivity index (χ0v) is 11.4. The number of tetrazole rings is 1. The second-order valence-corrected chi connectivity index (χ2v) is 4.64. The second kappa shape index (κ2) is 5.96. The maximum absolute atomic E-state index is 13.5. The molecular formula is C12H12ClFN4O2. The molecule has 0 radical (unpaired) electrons. The molecule has 6 nitrogen and oxygen atoms in total. The molecule has 2 aromatic rings. The van der Waals surface area contributed by atoms with E-state index in [1.807, 2.05) is 6.92 Å². The smallest absolute Gasteiger partial charge is 0.305 e. The summed E-state index contributed by atoms with van der Waals surface area (Å²) in [5, 5.41) is 20.1. The predicted octanol–water partition coefficient (Wildman–Crippen LogP) is 2.56. The Balaban J connectivity index is 2.40. The summed E-state index contributed by atoms with van der Waals surface area (Å²) in [5.74, 6) is -1.21. The Bertz CT molecular complexity index is 632. The van der Waals surface area contributed by atoms with Gasteiger partial charge in [-0.2, -0.15) is 0 Å². The molecule has 0 amide bonds. The number of nitrogens with zero attached hydrogens (tertiary/aromatic N) is 4. The lowest BCUT2D eigenvalue weighted by atomic mass is 10.1. The molecule has 8 heteroatoms. The minimum absolute atomic E-state index is 0.00496. The van der Waals surface area contributed by atoms with Crippen molar-refractivity contribution in [3.63, 3.8) is 0 Å². The van der Waals surface area contributed by atoms with Gasteiger partial charge >= 0.3 is 5.97 Å². The van der Waals surface area contributed by atoms with Gasteiger partial charge in [0, 0.05) is 5.56 Å². The van der Waals surface area contributed by atoms with E-state index in [-0.39, 0.29) is 11.4 Å². The van der Waals surface area contributed by atoms with Crippen molar-refractivity contribution in [3.05, 3.63) is 29.0 Å². The Kier molecular flexibility index (Phi) is 4.29. The van der Waals surface area contributed by atoms with Crippen LogP contribution in [0.25, 0.3) is 11.4 Å². The van der Waals surface area contributed by atoms with Gasteiger partial charge in [-0.25, -0.2) is 9.07 Å². The van der Waals surface area contributed by atoms with Gasteiger partial charge in [0.15, 0.2) is 5.82 Å². The topological polar surface area (TPSA) is 80.9 Å². The van der Waals surface area contributed by atoms with Crippen molar-refractivity contribution in [2.45, 2.75) is 25.8 Å². The third-order valence-corrected chi connectivity index (χ3v) is 3.20. The molecule has 0 bridgehead atoms. The Morgan fingerprint density at radius 1 is 1.55 bits per heavy atom. The largest absolute Gasteiger partial charge is 0.481 e. The van der Waals surface area contributed by atoms with E-state index in [4.69, 9.17) is 16.7 Å². The molecule has 1 unspecified atom stereocenters. The summed E-state index contributed by atoms with van der Waals surface area (Å²) >= 11 is 5.63. The van der Waals surface area contributed by atoms with Crippen LogP contribution in [0, 0.1) is 5.82 Å². The second-order valence-electron chi connectivity index (χ2n) is 4.24. The van der Waals surface area contributed by atoms with E-state index >= 15 is 0 Å². The van der Waals surface area contributed by atoms with Crippen molar-refractivity contribution in [2.75, 3.05) is 0 Å². The van der Waals surface area contributed by atoms with Crippen LogP contribution in [-0.4, -0.2) is 31.3 Å². The number of carboxylic acids is 1. The molecule has 0 saturated heterocycles. The number of halogens is 2. The molecule has 2 rings (SSSR count). The van der Waals surface area contributed by atoms with Gasteiger partial charge in [-0.05, 0) is 35.0 Å². The first kappa shape index (κ1) is 14.4. The first-order chi connectivity index (χ1) is 9.52. The van der Waals surface area contributed by atoms with Gasteiger partial charge in [0.2, 0.25) is 0 Å². The van der Waals surface area contributed by atoms with E-state index in [9.17, 15) is 9.18 Å². The Morgan fingerprint density at radius 3 is 2.90 bits per heavy atom. The van der Waals surface area contributed by atoms with Crippen LogP contribution in [0.3, 0.4) is 0 Å². The fraction of sp³-hybridized carbons (Fsp3) is 0.333. The van der Waals surface area contributed by atoms with Crippen molar-refractivity contribution >= 4 is 17.6 Å². The quantitative estimate of drug-likeness (QED) is 0.917. The fourth-order valence-electron chi connectivity index (χ4n) is 1.87. The van der Waals surface area contributed by atoms with E-state index < -0.39 is 17.8 Å². The highest BCUT2D eigenvalue weighted by Gasteiger charge is 2.20. The molecule has 1 heterocycles. The number of aromatic nitrogens is 4. The number of carboxylic acid groups (broad SMARTS) is 1. The van der Waals surface area contributed by atoms with Gasteiger partial charge in [-0.3, -0.25) is 4.79 Å². The molecule has 1 aromatic heterocycles. The van der Waals surface area contributed by atoms with Gasteiger partial charge in [-0.1, -0.05) is 18.5 Å². The van der Waals surface area contributed by atoms with Crippen LogP contribution >= 0.6 is 11.6 Å². The van der Waals surface area contributed by atoms with Crippen LogP contribution < -0.4 is 0 Å². The van der Waals surface area contributed by atoms with Crippen LogP contribution in [-0.2, 0) is 4.79 Å². The average molecular weight is 299 g/mol. The number of hydrogen-bond acceptors (Lipinski definition) is 4. The van der Waals surface area contributed by atoms with E-state index in [1.165, 1.54) is 16.8 Å². The van der Waals surface area contributed by atoms with E-state index in [0.29, 0.717) is 17.8 Å². The van der Waals surface area contributed by atoms with Crippen LogP contribution in [0.2, 0.25) is 5.02 Å². The Hall–Kier alpha value is -2.02. The monoisotopic (exact) mass is 298 g/mol. The van der Waals surface area contributed by atoms with Crippen LogP contribution in [0.4, 0.5) is 4.39 Å². The highest BCUT2D eigenvalue weighted by atomic mass is 35.5. The van der Waals surface area contributed by atoms with Crippen LogP contribution in [0.1, 0.15) is 25.8 Å². The highest BCUT2D eigenvalue weighted by Crippen LogP contribution is 2.25. The number of aliphatic carboxylic acids is 1. The molecule has 0 saturated carbocycles.